The fourth-order valence-electron chi connectivity index (χ4n) is 1.62. The third-order valence-electron chi connectivity index (χ3n) is 2.85. The lowest BCUT2D eigenvalue weighted by atomic mass is 9.97. The molecule has 1 aromatic heterocycles. The molecule has 0 atom stereocenters. The molecule has 0 spiro atoms. The normalized spacial score (nSPS) is 11.2. The van der Waals surface area contributed by atoms with E-state index in [0.717, 1.165) is 0 Å². The predicted octanol–water partition coefficient (Wildman–Crippen LogP) is 2.84. The minimum atomic E-state index is -0.757. The maximum Gasteiger partial charge on any atom is 0.155 e. The van der Waals surface area contributed by atoms with Gasteiger partial charge in [-0.05, 0) is 33.8 Å². The molecule has 0 amide bonds. The molecule has 0 aliphatic heterocycles. The Labute approximate surface area is 117 Å². The minimum absolute atomic E-state index is 0.000326. The molecule has 1 aromatic rings. The molecule has 0 saturated carbocycles. The first-order valence-corrected chi connectivity index (χ1v) is 6.19. The number of carbonyl (C=O) groups is 1. The van der Waals surface area contributed by atoms with Crippen molar-refractivity contribution in [3.8, 4) is 0 Å². The number of ketones is 1. The van der Waals surface area contributed by atoms with Crippen LogP contribution in [0.5, 0.6) is 0 Å². The van der Waals surface area contributed by atoms with Crippen molar-refractivity contribution < 1.29 is 4.79 Å². The summed E-state index contributed by atoms with van der Waals surface area (Å²) in [5, 5.41) is 0.341. The summed E-state index contributed by atoms with van der Waals surface area (Å²) in [6.45, 7) is 6.88. The second kappa shape index (κ2) is 5.20. The van der Waals surface area contributed by atoms with Gasteiger partial charge in [0, 0.05) is 0 Å². The fourth-order valence-corrected chi connectivity index (χ4v) is 2.11. The van der Waals surface area contributed by atoms with E-state index in [9.17, 15) is 4.79 Å². The van der Waals surface area contributed by atoms with E-state index in [1.54, 1.807) is 37.9 Å². The first kappa shape index (κ1) is 14.9. The maximum absolute atomic E-state index is 11.8. The number of thiocarbonyl (C=S) groups is 1. The summed E-state index contributed by atoms with van der Waals surface area (Å²) in [4.78, 5) is 18.0. The topological polar surface area (TPSA) is 59.2 Å². The summed E-state index contributed by atoms with van der Waals surface area (Å²) in [5.41, 5.74) is 5.47. The number of aromatic nitrogens is 1. The van der Waals surface area contributed by atoms with Crippen LogP contribution in [0, 0.1) is 0 Å². The summed E-state index contributed by atoms with van der Waals surface area (Å²) < 4.78 is 0. The number of halogens is 1. The molecule has 0 fully saturated rings. The Kier molecular flexibility index (Phi) is 4.29. The number of hydrogen-bond acceptors (Lipinski definition) is 4. The van der Waals surface area contributed by atoms with Gasteiger partial charge in [-0.15, -0.1) is 0 Å². The Balaban J connectivity index is 3.33. The third kappa shape index (κ3) is 2.79. The number of nitrogen functional groups attached to an aromatic ring is 1. The average Bonchev–Trinajstić information content (AvgIpc) is 2.22. The van der Waals surface area contributed by atoms with Crippen LogP contribution in [0.25, 0.3) is 0 Å². The molecule has 0 unspecified atom stereocenters. The van der Waals surface area contributed by atoms with Crippen molar-refractivity contribution in [1.82, 2.24) is 4.98 Å². The number of nitrogens with two attached hydrogens (primary N) is 1. The van der Waals surface area contributed by atoms with Crippen LogP contribution in [0.15, 0.2) is 12.3 Å². The summed E-state index contributed by atoms with van der Waals surface area (Å²) in [7, 11) is 0. The number of hydrogen-bond donors (Lipinski definition) is 1. The molecule has 18 heavy (non-hydrogen) atoms. The van der Waals surface area contributed by atoms with Crippen LogP contribution in [0.4, 0.5) is 11.5 Å². The van der Waals surface area contributed by atoms with Crippen LogP contribution >= 0.6 is 23.8 Å². The number of carbonyl (C=O) groups excluding carboxylic acids is 1. The van der Waals surface area contributed by atoms with Crippen LogP contribution in [0.3, 0.4) is 0 Å². The highest BCUT2D eigenvalue weighted by Crippen LogP contribution is 2.29. The molecule has 0 bridgehead atoms. The highest BCUT2D eigenvalue weighted by Gasteiger charge is 2.33. The van der Waals surface area contributed by atoms with Crippen molar-refractivity contribution in [1.29, 1.82) is 0 Å². The summed E-state index contributed by atoms with van der Waals surface area (Å²) >= 11 is 11.2. The number of Topliss-reactive ketones (excluding diaryl/α,β-unsaturated/α-hetero) is 1. The molecule has 0 aromatic carbocycles. The van der Waals surface area contributed by atoms with Gasteiger partial charge in [0.05, 0.1) is 27.4 Å². The Hall–Kier alpha value is -1.20. The first-order chi connectivity index (χ1) is 8.17. The lowest BCUT2D eigenvalue weighted by Crippen LogP contribution is -2.51. The molecule has 0 saturated heterocycles. The Morgan fingerprint density at radius 3 is 2.44 bits per heavy atom. The van der Waals surface area contributed by atoms with E-state index in [1.807, 2.05) is 0 Å². The first-order valence-electron chi connectivity index (χ1n) is 5.40. The molecule has 1 rings (SSSR count). The molecular formula is C12H16ClN3OS. The van der Waals surface area contributed by atoms with Gasteiger partial charge < -0.3 is 10.6 Å². The van der Waals surface area contributed by atoms with Gasteiger partial charge >= 0.3 is 0 Å². The molecule has 0 aliphatic carbocycles. The van der Waals surface area contributed by atoms with Gasteiger partial charge in [0.15, 0.2) is 5.78 Å². The van der Waals surface area contributed by atoms with Crippen LogP contribution in [-0.4, -0.2) is 21.3 Å². The molecule has 0 aliphatic rings. The second-order valence-electron chi connectivity index (χ2n) is 4.53. The van der Waals surface area contributed by atoms with E-state index in [-0.39, 0.29) is 11.6 Å². The lowest BCUT2D eigenvalue weighted by Gasteiger charge is -2.37. The Bertz CT molecular complexity index is 502. The zero-order chi connectivity index (χ0) is 14.1. The minimum Gasteiger partial charge on any atom is -0.382 e. The number of nitrogens with zero attached hydrogens (tertiary/aromatic N) is 2. The van der Waals surface area contributed by atoms with E-state index < -0.39 is 5.54 Å². The second-order valence-corrected chi connectivity index (χ2v) is 5.53. The van der Waals surface area contributed by atoms with Crippen LogP contribution in [-0.2, 0) is 4.79 Å². The van der Waals surface area contributed by atoms with Crippen LogP contribution in [0.1, 0.15) is 27.7 Å². The monoisotopic (exact) mass is 285 g/mol. The van der Waals surface area contributed by atoms with Gasteiger partial charge in [0.1, 0.15) is 5.82 Å². The lowest BCUT2D eigenvalue weighted by molar-refractivity contribution is -0.120. The summed E-state index contributed by atoms with van der Waals surface area (Å²) in [6.07, 6.45) is 1.56. The van der Waals surface area contributed by atoms with E-state index in [1.165, 1.54) is 6.92 Å². The fraction of sp³-hybridized carbons (Fsp3) is 0.417. The zero-order valence-corrected chi connectivity index (χ0v) is 12.4. The zero-order valence-electron chi connectivity index (χ0n) is 10.8. The van der Waals surface area contributed by atoms with Crippen molar-refractivity contribution in [2.45, 2.75) is 33.2 Å². The molecule has 4 nitrogen and oxygen atoms in total. The molecule has 1 heterocycles. The van der Waals surface area contributed by atoms with Gasteiger partial charge in [0.2, 0.25) is 0 Å². The van der Waals surface area contributed by atoms with Gasteiger partial charge in [0.25, 0.3) is 0 Å². The largest absolute Gasteiger partial charge is 0.382 e. The standard InChI is InChI=1S/C12H16ClN3OS/c1-7(17)12(3,4)16(8(2)18)9-5-10(13)11(14)15-6-9/h5-6H,1-4H3,(H2,14,15). The summed E-state index contributed by atoms with van der Waals surface area (Å²) in [5.74, 6) is 0.252. The van der Waals surface area contributed by atoms with Crippen molar-refractivity contribution in [2.24, 2.45) is 0 Å². The highest BCUT2D eigenvalue weighted by atomic mass is 35.5. The van der Waals surface area contributed by atoms with Crippen LogP contribution < -0.4 is 10.6 Å². The molecule has 2 N–H and O–H groups in total. The van der Waals surface area contributed by atoms with E-state index in [0.29, 0.717) is 15.7 Å². The Morgan fingerprint density at radius 1 is 1.50 bits per heavy atom. The predicted molar refractivity (Wildman–Crippen MR) is 79.2 cm³/mol. The summed E-state index contributed by atoms with van der Waals surface area (Å²) in [6, 6.07) is 1.66. The van der Waals surface area contributed by atoms with Crippen LogP contribution in [0.2, 0.25) is 5.02 Å². The number of pyridine rings is 1. The SMILES string of the molecule is CC(=O)C(C)(C)N(C(C)=S)c1cnc(N)c(Cl)c1. The van der Waals surface area contributed by atoms with E-state index in [2.05, 4.69) is 4.98 Å². The van der Waals surface area contributed by atoms with Gasteiger partial charge in [-0.2, -0.15) is 0 Å². The van der Waals surface area contributed by atoms with Crippen molar-refractivity contribution in [3.05, 3.63) is 17.3 Å². The number of anilines is 2. The van der Waals surface area contributed by atoms with Gasteiger partial charge in [-0.1, -0.05) is 23.8 Å². The molecular weight excluding hydrogens is 270 g/mol. The quantitative estimate of drug-likeness (QED) is 0.866. The van der Waals surface area contributed by atoms with Crippen molar-refractivity contribution in [3.63, 3.8) is 0 Å². The van der Waals surface area contributed by atoms with E-state index in [4.69, 9.17) is 29.6 Å². The molecule has 98 valence electrons. The third-order valence-corrected chi connectivity index (χ3v) is 3.33. The van der Waals surface area contributed by atoms with Gasteiger partial charge in [-0.25, -0.2) is 4.98 Å². The highest BCUT2D eigenvalue weighted by molar-refractivity contribution is 7.80. The van der Waals surface area contributed by atoms with Gasteiger partial charge in [-0.3, -0.25) is 4.79 Å². The average molecular weight is 286 g/mol. The smallest absolute Gasteiger partial charge is 0.155 e. The van der Waals surface area contributed by atoms with Crippen molar-refractivity contribution in [2.75, 3.05) is 10.6 Å². The van der Waals surface area contributed by atoms with Crippen molar-refractivity contribution >= 4 is 46.1 Å². The van der Waals surface area contributed by atoms with E-state index >= 15 is 0 Å². The Morgan fingerprint density at radius 2 is 2.06 bits per heavy atom. The number of rotatable bonds is 3. The molecule has 6 heteroatoms. The molecule has 0 radical (unpaired) electrons. The maximum atomic E-state index is 11.8.